The van der Waals surface area contributed by atoms with E-state index in [1.165, 1.54) is 11.4 Å². The van der Waals surface area contributed by atoms with Crippen molar-refractivity contribution in [2.24, 2.45) is 18.7 Å². The molecule has 5 nitrogen and oxygen atoms in total. The van der Waals surface area contributed by atoms with Crippen molar-refractivity contribution in [1.82, 2.24) is 14.7 Å². The molecule has 120 valence electrons. The lowest BCUT2D eigenvalue weighted by molar-refractivity contribution is 0.266. The quantitative estimate of drug-likeness (QED) is 0.891. The Labute approximate surface area is 129 Å². The van der Waals surface area contributed by atoms with Gasteiger partial charge in [0.15, 0.2) is 0 Å². The minimum atomic E-state index is 0.219. The van der Waals surface area contributed by atoms with Gasteiger partial charge in [-0.3, -0.25) is 4.68 Å². The largest absolute Gasteiger partial charge is 0.355 e. The van der Waals surface area contributed by atoms with Crippen molar-refractivity contribution >= 4 is 5.82 Å². The maximum atomic E-state index is 6.19. The van der Waals surface area contributed by atoms with Gasteiger partial charge in [-0.1, -0.05) is 13.8 Å². The molecular formula is C16H31N5. The van der Waals surface area contributed by atoms with Gasteiger partial charge in [-0.05, 0) is 39.8 Å². The number of rotatable bonds is 5. The maximum absolute atomic E-state index is 6.19. The number of aromatic nitrogens is 2. The first-order valence-corrected chi connectivity index (χ1v) is 8.04. The molecule has 5 heteroatoms. The second-order valence-electron chi connectivity index (χ2n) is 6.80. The van der Waals surface area contributed by atoms with Crippen LogP contribution >= 0.6 is 0 Å². The van der Waals surface area contributed by atoms with Gasteiger partial charge in [0.25, 0.3) is 0 Å². The lowest BCUT2D eigenvalue weighted by atomic mass is 10.0. The minimum absolute atomic E-state index is 0.219. The van der Waals surface area contributed by atoms with Gasteiger partial charge < -0.3 is 15.5 Å². The highest BCUT2D eigenvalue weighted by Crippen LogP contribution is 2.31. The molecule has 0 spiro atoms. The molecular weight excluding hydrogens is 262 g/mol. The van der Waals surface area contributed by atoms with Gasteiger partial charge in [0.2, 0.25) is 0 Å². The highest BCUT2D eigenvalue weighted by molar-refractivity contribution is 5.52. The Morgan fingerprint density at radius 2 is 2.05 bits per heavy atom. The lowest BCUT2D eigenvalue weighted by Gasteiger charge is -2.24. The van der Waals surface area contributed by atoms with E-state index in [9.17, 15) is 0 Å². The Morgan fingerprint density at radius 1 is 1.38 bits per heavy atom. The lowest BCUT2D eigenvalue weighted by Crippen LogP contribution is -2.34. The molecule has 2 heterocycles. The van der Waals surface area contributed by atoms with E-state index in [0.717, 1.165) is 31.6 Å². The molecule has 1 aromatic heterocycles. The molecule has 1 aromatic rings. The summed E-state index contributed by atoms with van der Waals surface area (Å²) < 4.78 is 2.04. The minimum Gasteiger partial charge on any atom is -0.355 e. The number of hydrogen-bond donors (Lipinski definition) is 1. The first-order valence-electron chi connectivity index (χ1n) is 8.04. The van der Waals surface area contributed by atoms with Crippen molar-refractivity contribution in [3.63, 3.8) is 0 Å². The van der Waals surface area contributed by atoms with E-state index in [-0.39, 0.29) is 6.04 Å². The number of aryl methyl sites for hydroxylation is 2. The van der Waals surface area contributed by atoms with E-state index < -0.39 is 0 Å². The summed E-state index contributed by atoms with van der Waals surface area (Å²) in [6.07, 6.45) is 1.92. The summed E-state index contributed by atoms with van der Waals surface area (Å²) in [6, 6.07) is 0.823. The highest BCUT2D eigenvalue weighted by Gasteiger charge is 2.34. The van der Waals surface area contributed by atoms with Gasteiger partial charge in [-0.2, -0.15) is 5.10 Å². The molecule has 2 rings (SSSR count). The zero-order valence-electron chi connectivity index (χ0n) is 14.4. The second-order valence-corrected chi connectivity index (χ2v) is 6.80. The molecule has 0 amide bonds. The van der Waals surface area contributed by atoms with Crippen LogP contribution in [0.5, 0.6) is 0 Å². The van der Waals surface area contributed by atoms with Crippen LogP contribution in [0.1, 0.15) is 31.5 Å². The summed E-state index contributed by atoms with van der Waals surface area (Å²) in [6.45, 7) is 8.75. The van der Waals surface area contributed by atoms with Crippen LogP contribution in [0, 0.1) is 12.8 Å². The number of anilines is 1. The summed E-state index contributed by atoms with van der Waals surface area (Å²) in [5.74, 6) is 1.94. The third-order valence-corrected chi connectivity index (χ3v) is 4.84. The Hall–Kier alpha value is -1.07. The molecule has 2 N–H and O–H groups in total. The SMILES string of the molecule is CCC(N)Cc1c(C)nn(C)c1N1CC(C)C(N(C)C)C1. The van der Waals surface area contributed by atoms with Gasteiger partial charge in [-0.15, -0.1) is 0 Å². The van der Waals surface area contributed by atoms with Crippen molar-refractivity contribution in [2.75, 3.05) is 32.1 Å². The number of nitrogens with zero attached hydrogens (tertiary/aromatic N) is 4. The van der Waals surface area contributed by atoms with E-state index in [1.54, 1.807) is 0 Å². The molecule has 0 aromatic carbocycles. The standard InChI is InChI=1S/C16H31N5/c1-7-13(17)8-14-12(3)18-20(6)16(14)21-9-11(2)15(10-21)19(4)5/h11,13,15H,7-10,17H2,1-6H3. The van der Waals surface area contributed by atoms with E-state index in [1.807, 2.05) is 4.68 Å². The molecule has 3 unspecified atom stereocenters. The van der Waals surface area contributed by atoms with E-state index in [2.05, 4.69) is 56.8 Å². The smallest absolute Gasteiger partial charge is 0.130 e. The first-order chi connectivity index (χ1) is 9.85. The number of likely N-dealkylation sites (N-methyl/N-ethyl adjacent to an activating group) is 1. The Balaban J connectivity index is 2.27. The zero-order valence-corrected chi connectivity index (χ0v) is 14.4. The first kappa shape index (κ1) is 16.3. The molecule has 0 saturated carbocycles. The summed E-state index contributed by atoms with van der Waals surface area (Å²) in [7, 11) is 6.40. The van der Waals surface area contributed by atoms with Crippen LogP contribution in [-0.4, -0.2) is 53.9 Å². The molecule has 0 radical (unpaired) electrons. The Kier molecular flexibility index (Phi) is 4.94. The van der Waals surface area contributed by atoms with Crippen LogP contribution in [0.2, 0.25) is 0 Å². The molecule has 0 bridgehead atoms. The van der Waals surface area contributed by atoms with Gasteiger partial charge >= 0.3 is 0 Å². The van der Waals surface area contributed by atoms with Crippen molar-refractivity contribution in [3.8, 4) is 0 Å². The normalized spacial score (nSPS) is 24.1. The Bertz CT molecular complexity index is 479. The van der Waals surface area contributed by atoms with Crippen molar-refractivity contribution in [2.45, 2.75) is 45.7 Å². The van der Waals surface area contributed by atoms with Crippen LogP contribution in [0.3, 0.4) is 0 Å². The summed E-state index contributed by atoms with van der Waals surface area (Å²) >= 11 is 0. The molecule has 1 saturated heterocycles. The van der Waals surface area contributed by atoms with E-state index in [4.69, 9.17) is 5.73 Å². The van der Waals surface area contributed by atoms with Crippen LogP contribution in [0.4, 0.5) is 5.82 Å². The van der Waals surface area contributed by atoms with Gasteiger partial charge in [0.05, 0.1) is 5.69 Å². The van der Waals surface area contributed by atoms with Crippen LogP contribution < -0.4 is 10.6 Å². The van der Waals surface area contributed by atoms with Crippen molar-refractivity contribution in [1.29, 1.82) is 0 Å². The van der Waals surface area contributed by atoms with Gasteiger partial charge in [0, 0.05) is 37.8 Å². The monoisotopic (exact) mass is 293 g/mol. The number of hydrogen-bond acceptors (Lipinski definition) is 4. The Morgan fingerprint density at radius 3 is 2.57 bits per heavy atom. The summed E-state index contributed by atoms with van der Waals surface area (Å²) in [4.78, 5) is 4.83. The summed E-state index contributed by atoms with van der Waals surface area (Å²) in [5, 5.41) is 4.64. The predicted octanol–water partition coefficient (Wildman–Crippen LogP) is 1.39. The van der Waals surface area contributed by atoms with Crippen molar-refractivity contribution < 1.29 is 0 Å². The third-order valence-electron chi connectivity index (χ3n) is 4.84. The highest BCUT2D eigenvalue weighted by atomic mass is 15.4. The van der Waals surface area contributed by atoms with Gasteiger partial charge in [0.1, 0.15) is 5.82 Å². The molecule has 21 heavy (non-hydrogen) atoms. The maximum Gasteiger partial charge on any atom is 0.130 e. The molecule has 1 fully saturated rings. The fourth-order valence-electron chi connectivity index (χ4n) is 3.53. The number of nitrogens with two attached hydrogens (primary N) is 1. The van der Waals surface area contributed by atoms with Crippen molar-refractivity contribution in [3.05, 3.63) is 11.3 Å². The average Bonchev–Trinajstić information content (AvgIpc) is 2.90. The average molecular weight is 293 g/mol. The topological polar surface area (TPSA) is 50.3 Å². The molecule has 3 atom stereocenters. The molecule has 0 aliphatic carbocycles. The van der Waals surface area contributed by atoms with Crippen LogP contribution in [0.15, 0.2) is 0 Å². The van der Waals surface area contributed by atoms with Crippen LogP contribution in [0.25, 0.3) is 0 Å². The fraction of sp³-hybridized carbons (Fsp3) is 0.812. The summed E-state index contributed by atoms with van der Waals surface area (Å²) in [5.41, 5.74) is 8.64. The predicted molar refractivity (Wildman–Crippen MR) is 88.8 cm³/mol. The van der Waals surface area contributed by atoms with Gasteiger partial charge in [-0.25, -0.2) is 0 Å². The van der Waals surface area contributed by atoms with Crippen LogP contribution in [-0.2, 0) is 13.5 Å². The van der Waals surface area contributed by atoms with E-state index in [0.29, 0.717) is 12.0 Å². The molecule has 1 aliphatic heterocycles. The third kappa shape index (κ3) is 3.24. The zero-order chi connectivity index (χ0) is 15.7. The second kappa shape index (κ2) is 6.36. The fourth-order valence-corrected chi connectivity index (χ4v) is 3.53. The van der Waals surface area contributed by atoms with E-state index >= 15 is 0 Å². The molecule has 1 aliphatic rings.